The molecule has 1 heterocycles. The minimum atomic E-state index is -1.59. The average molecular weight is 636 g/mol. The first-order valence-electron chi connectivity index (χ1n) is 13.8. The van der Waals surface area contributed by atoms with Crippen molar-refractivity contribution in [3.05, 3.63) is 53.7 Å². The van der Waals surface area contributed by atoms with E-state index in [-0.39, 0.29) is 36.7 Å². The number of carbonyl (C=O) groups excluding carboxylic acids is 4. The molecule has 15 heteroatoms. The summed E-state index contributed by atoms with van der Waals surface area (Å²) in [6.45, 7) is 3.57. The number of pyridine rings is 1. The molecule has 240 valence electrons. The number of rotatable bonds is 18. The van der Waals surface area contributed by atoms with Gasteiger partial charge in [0, 0.05) is 11.1 Å². The predicted octanol–water partition coefficient (Wildman–Crippen LogP) is 2.45. The SMILES string of the molecule is CCCCC[C@@H](C(=O)NCNC(=O)c1cccc(-c2ccc(C(=O)N[C@@H](CC(=O)O)C(=O)O)cc2)n1)[C@@H](CC)N(O)C=O.Cl. The lowest BCUT2D eigenvalue weighted by Gasteiger charge is -2.29. The molecule has 0 saturated heterocycles. The number of hydrogen-bond donors (Lipinski definition) is 6. The maximum Gasteiger partial charge on any atom is 0.326 e. The standard InChI is InChI=1S/C29H37N5O9.ClH/c1-3-5-6-8-20(24(4-2)34(43)17-35)27(39)30-16-31-28(40)22-10-7-9-21(32-22)18-11-13-19(14-12-18)26(38)33-23(29(41)42)15-25(36)37;/h7,9-14,17,20,23-24,43H,3-6,8,15-16H2,1-2H3,(H,30,39)(H,31,40)(H,33,38)(H,36,37)(H,41,42);1H/t20-,23+,24-;/m1./s1. The second-order valence-electron chi connectivity index (χ2n) is 9.73. The Kier molecular flexibility index (Phi) is 16.1. The number of nitrogens with zero attached hydrogens (tertiary/aromatic N) is 2. The van der Waals surface area contributed by atoms with Gasteiger partial charge in [-0.1, -0.05) is 51.3 Å². The summed E-state index contributed by atoms with van der Waals surface area (Å²) in [6, 6.07) is 8.32. The molecule has 4 amide bonds. The second-order valence-corrected chi connectivity index (χ2v) is 9.73. The average Bonchev–Trinajstić information content (AvgIpc) is 2.99. The molecule has 1 aromatic carbocycles. The van der Waals surface area contributed by atoms with Gasteiger partial charge in [0.05, 0.1) is 30.7 Å². The first-order chi connectivity index (χ1) is 20.5. The molecule has 0 aliphatic carbocycles. The Bertz CT molecular complexity index is 1290. The van der Waals surface area contributed by atoms with Gasteiger partial charge in [-0.2, -0.15) is 0 Å². The smallest absolute Gasteiger partial charge is 0.326 e. The van der Waals surface area contributed by atoms with Crippen LogP contribution in [0, 0.1) is 5.92 Å². The Morgan fingerprint density at radius 1 is 0.955 bits per heavy atom. The van der Waals surface area contributed by atoms with E-state index in [4.69, 9.17) is 10.2 Å². The highest BCUT2D eigenvalue weighted by atomic mass is 35.5. The van der Waals surface area contributed by atoms with E-state index in [0.717, 1.165) is 19.3 Å². The van der Waals surface area contributed by atoms with E-state index < -0.39 is 54.1 Å². The fraction of sp³-hybridized carbons (Fsp3) is 0.414. The highest BCUT2D eigenvalue weighted by Gasteiger charge is 2.30. The van der Waals surface area contributed by atoms with E-state index >= 15 is 0 Å². The molecule has 6 N–H and O–H groups in total. The van der Waals surface area contributed by atoms with Gasteiger partial charge < -0.3 is 26.2 Å². The van der Waals surface area contributed by atoms with E-state index in [1.165, 1.54) is 18.2 Å². The summed E-state index contributed by atoms with van der Waals surface area (Å²) in [5, 5.41) is 35.8. The zero-order valence-electron chi connectivity index (χ0n) is 24.4. The van der Waals surface area contributed by atoms with Crippen LogP contribution in [0.2, 0.25) is 0 Å². The molecule has 0 radical (unpaired) electrons. The largest absolute Gasteiger partial charge is 0.481 e. The summed E-state index contributed by atoms with van der Waals surface area (Å²) in [5.74, 6) is -5.25. The van der Waals surface area contributed by atoms with Crippen LogP contribution in [0.5, 0.6) is 0 Å². The van der Waals surface area contributed by atoms with Crippen LogP contribution in [0.1, 0.15) is 73.2 Å². The van der Waals surface area contributed by atoms with Crippen molar-refractivity contribution in [2.45, 2.75) is 64.5 Å². The number of aliphatic carboxylic acids is 2. The van der Waals surface area contributed by atoms with E-state index in [1.54, 1.807) is 31.2 Å². The number of hydrogen-bond acceptors (Lipinski definition) is 8. The molecular weight excluding hydrogens is 598 g/mol. The lowest BCUT2D eigenvalue weighted by atomic mass is 9.90. The number of hydroxylamine groups is 2. The number of halogens is 1. The fourth-order valence-electron chi connectivity index (χ4n) is 4.41. The number of nitrogens with one attached hydrogen (secondary N) is 3. The zero-order chi connectivity index (χ0) is 31.9. The monoisotopic (exact) mass is 635 g/mol. The fourth-order valence-corrected chi connectivity index (χ4v) is 4.41. The minimum absolute atomic E-state index is 0. The Morgan fingerprint density at radius 2 is 1.64 bits per heavy atom. The third-order valence-corrected chi connectivity index (χ3v) is 6.70. The summed E-state index contributed by atoms with van der Waals surface area (Å²) < 4.78 is 0. The van der Waals surface area contributed by atoms with Gasteiger partial charge in [-0.15, -0.1) is 12.4 Å². The molecule has 0 aliphatic heterocycles. The topological polar surface area (TPSA) is 215 Å². The van der Waals surface area contributed by atoms with E-state index in [1.807, 2.05) is 6.92 Å². The number of carbonyl (C=O) groups is 6. The maximum atomic E-state index is 12.9. The highest BCUT2D eigenvalue weighted by molar-refractivity contribution is 5.98. The van der Waals surface area contributed by atoms with Gasteiger partial charge in [0.2, 0.25) is 12.3 Å². The molecular formula is C29H38ClN5O9. The number of unbranched alkanes of at least 4 members (excludes halogenated alkanes) is 2. The molecule has 44 heavy (non-hydrogen) atoms. The summed E-state index contributed by atoms with van der Waals surface area (Å²) in [7, 11) is 0. The molecule has 14 nitrogen and oxygen atoms in total. The molecule has 2 aromatic rings. The van der Waals surface area contributed by atoms with Crippen LogP contribution in [0.3, 0.4) is 0 Å². The Hall–Kier alpha value is -4.56. The minimum Gasteiger partial charge on any atom is -0.481 e. The van der Waals surface area contributed by atoms with Gasteiger partial charge in [-0.25, -0.2) is 14.8 Å². The summed E-state index contributed by atoms with van der Waals surface area (Å²) in [4.78, 5) is 75.6. The Morgan fingerprint density at radius 3 is 2.20 bits per heavy atom. The van der Waals surface area contributed by atoms with Crippen molar-refractivity contribution in [2.24, 2.45) is 5.92 Å². The van der Waals surface area contributed by atoms with Crippen molar-refractivity contribution in [3.8, 4) is 11.3 Å². The van der Waals surface area contributed by atoms with E-state index in [0.29, 0.717) is 29.2 Å². The summed E-state index contributed by atoms with van der Waals surface area (Å²) >= 11 is 0. The van der Waals surface area contributed by atoms with Crippen LogP contribution in [0.15, 0.2) is 42.5 Å². The van der Waals surface area contributed by atoms with Crippen LogP contribution in [0.25, 0.3) is 11.3 Å². The van der Waals surface area contributed by atoms with Gasteiger partial charge in [-0.3, -0.25) is 29.2 Å². The van der Waals surface area contributed by atoms with E-state index in [9.17, 15) is 34.0 Å². The molecule has 0 spiro atoms. The summed E-state index contributed by atoms with van der Waals surface area (Å²) in [5.41, 5.74) is 1.10. The molecule has 0 aliphatic rings. The third-order valence-electron chi connectivity index (χ3n) is 6.70. The van der Waals surface area contributed by atoms with Crippen molar-refractivity contribution in [1.82, 2.24) is 26.0 Å². The molecule has 0 bridgehead atoms. The van der Waals surface area contributed by atoms with Gasteiger partial charge >= 0.3 is 11.9 Å². The highest BCUT2D eigenvalue weighted by Crippen LogP contribution is 2.21. The van der Waals surface area contributed by atoms with Crippen molar-refractivity contribution in [3.63, 3.8) is 0 Å². The molecule has 2 rings (SSSR count). The lowest BCUT2D eigenvalue weighted by molar-refractivity contribution is -0.168. The molecule has 0 saturated carbocycles. The first-order valence-corrected chi connectivity index (χ1v) is 13.8. The summed E-state index contributed by atoms with van der Waals surface area (Å²) in [6.07, 6.45) is 2.88. The maximum absolute atomic E-state index is 12.9. The zero-order valence-corrected chi connectivity index (χ0v) is 25.2. The third kappa shape index (κ3) is 11.3. The van der Waals surface area contributed by atoms with Gasteiger partial charge in [0.15, 0.2) is 0 Å². The molecule has 0 unspecified atom stereocenters. The number of amides is 4. The van der Waals surface area contributed by atoms with E-state index in [2.05, 4.69) is 20.9 Å². The van der Waals surface area contributed by atoms with Crippen LogP contribution >= 0.6 is 12.4 Å². The second kappa shape index (κ2) is 18.9. The Labute approximate surface area is 260 Å². The van der Waals surface area contributed by atoms with Crippen LogP contribution < -0.4 is 16.0 Å². The predicted molar refractivity (Wildman–Crippen MR) is 160 cm³/mol. The van der Waals surface area contributed by atoms with Crippen LogP contribution in [-0.2, 0) is 19.2 Å². The van der Waals surface area contributed by atoms with Crippen molar-refractivity contribution in [1.29, 1.82) is 0 Å². The number of benzene rings is 1. The number of carboxylic acids is 2. The lowest BCUT2D eigenvalue weighted by Crippen LogP contribution is -2.47. The molecule has 1 aromatic heterocycles. The normalized spacial score (nSPS) is 12.4. The molecule has 3 atom stereocenters. The number of aromatic nitrogens is 1. The molecule has 0 fully saturated rings. The van der Waals surface area contributed by atoms with Crippen LogP contribution in [0.4, 0.5) is 0 Å². The quantitative estimate of drug-likeness (QED) is 0.0462. The Balaban J connectivity index is 0.00000968. The van der Waals surface area contributed by atoms with Gasteiger partial charge in [0.1, 0.15) is 11.7 Å². The number of carboxylic acid groups (broad SMARTS) is 2. The first kappa shape index (κ1) is 37.5. The van der Waals surface area contributed by atoms with Crippen molar-refractivity contribution in [2.75, 3.05) is 6.67 Å². The van der Waals surface area contributed by atoms with Gasteiger partial charge in [0.25, 0.3) is 11.8 Å². The van der Waals surface area contributed by atoms with Crippen molar-refractivity contribution < 1.29 is 44.2 Å². The van der Waals surface area contributed by atoms with Crippen molar-refractivity contribution >= 4 is 48.5 Å². The van der Waals surface area contributed by atoms with Gasteiger partial charge in [-0.05, 0) is 37.1 Å². The van der Waals surface area contributed by atoms with Crippen LogP contribution in [-0.4, -0.2) is 80.3 Å².